The topological polar surface area (TPSA) is 82.9 Å². The second kappa shape index (κ2) is 3.65. The molecule has 0 aliphatic rings. The molecule has 1 aromatic heterocycles. The van der Waals surface area contributed by atoms with Gasteiger partial charge in [-0.15, -0.1) is 9.78 Å². The summed E-state index contributed by atoms with van der Waals surface area (Å²) < 4.78 is 1.60. The number of nitrogens with two attached hydrogens (primary N) is 1. The van der Waals surface area contributed by atoms with Crippen LogP contribution in [0.25, 0.3) is 11.4 Å². The van der Waals surface area contributed by atoms with E-state index in [0.29, 0.717) is 5.56 Å². The molecule has 2 rings (SSSR count). The van der Waals surface area contributed by atoms with Gasteiger partial charge in [0.05, 0.1) is 0 Å². The molecule has 0 aliphatic heterocycles. The molecule has 0 saturated heterocycles. The number of nitrogen functional groups attached to an aromatic ring is 1. The average Bonchev–Trinajstić information content (AvgIpc) is 2.58. The Morgan fingerprint density at radius 3 is 2.44 bits per heavy atom. The third kappa shape index (κ3) is 1.50. The monoisotopic (exact) mass is 218 g/mol. The molecule has 0 saturated carbocycles. The van der Waals surface area contributed by atoms with E-state index in [2.05, 4.69) is 5.10 Å². The SMILES string of the molecule is CC(=O)n1nc(-c2ccccc2)n(N)c1=O. The largest absolute Gasteiger partial charge is 0.372 e. The third-order valence-corrected chi connectivity index (χ3v) is 2.14. The maximum Gasteiger partial charge on any atom is 0.372 e. The third-order valence-electron chi connectivity index (χ3n) is 2.14. The van der Waals surface area contributed by atoms with E-state index in [4.69, 9.17) is 5.84 Å². The highest BCUT2D eigenvalue weighted by Gasteiger charge is 2.14. The van der Waals surface area contributed by atoms with E-state index in [0.717, 1.165) is 9.36 Å². The first-order valence-electron chi connectivity index (χ1n) is 4.65. The lowest BCUT2D eigenvalue weighted by atomic mass is 10.2. The van der Waals surface area contributed by atoms with Gasteiger partial charge in [0, 0.05) is 12.5 Å². The highest BCUT2D eigenvalue weighted by Crippen LogP contribution is 2.12. The number of rotatable bonds is 1. The van der Waals surface area contributed by atoms with E-state index in [-0.39, 0.29) is 5.82 Å². The van der Waals surface area contributed by atoms with Crippen LogP contribution in [-0.2, 0) is 0 Å². The van der Waals surface area contributed by atoms with Crippen LogP contribution in [0.4, 0.5) is 0 Å². The lowest BCUT2D eigenvalue weighted by molar-refractivity contribution is 0.0916. The molecule has 16 heavy (non-hydrogen) atoms. The fourth-order valence-electron chi connectivity index (χ4n) is 1.37. The zero-order chi connectivity index (χ0) is 11.7. The number of aromatic nitrogens is 3. The van der Waals surface area contributed by atoms with E-state index in [1.54, 1.807) is 24.3 Å². The summed E-state index contributed by atoms with van der Waals surface area (Å²) in [5, 5.41) is 3.87. The van der Waals surface area contributed by atoms with Crippen molar-refractivity contribution < 1.29 is 4.79 Å². The molecule has 82 valence electrons. The fourth-order valence-corrected chi connectivity index (χ4v) is 1.37. The predicted molar refractivity (Wildman–Crippen MR) is 58.4 cm³/mol. The summed E-state index contributed by atoms with van der Waals surface area (Å²) in [6, 6.07) is 8.95. The molecule has 6 nitrogen and oxygen atoms in total. The van der Waals surface area contributed by atoms with Crippen LogP contribution in [0.5, 0.6) is 0 Å². The molecule has 0 radical (unpaired) electrons. The summed E-state index contributed by atoms with van der Waals surface area (Å²) in [6.45, 7) is 1.25. The second-order valence-electron chi connectivity index (χ2n) is 3.27. The van der Waals surface area contributed by atoms with Gasteiger partial charge in [0.2, 0.25) is 5.91 Å². The summed E-state index contributed by atoms with van der Waals surface area (Å²) in [5.41, 5.74) is 0.0356. The van der Waals surface area contributed by atoms with Crippen LogP contribution in [0, 0.1) is 0 Å². The summed E-state index contributed by atoms with van der Waals surface area (Å²) in [5.74, 6) is 5.34. The summed E-state index contributed by atoms with van der Waals surface area (Å²) >= 11 is 0. The molecule has 1 heterocycles. The van der Waals surface area contributed by atoms with Gasteiger partial charge in [-0.2, -0.15) is 4.68 Å². The number of hydrogen-bond acceptors (Lipinski definition) is 4. The van der Waals surface area contributed by atoms with Crippen molar-refractivity contribution in [1.29, 1.82) is 0 Å². The average molecular weight is 218 g/mol. The first-order valence-corrected chi connectivity index (χ1v) is 4.65. The van der Waals surface area contributed by atoms with Crippen molar-refractivity contribution >= 4 is 5.91 Å². The molecular formula is C10H10N4O2. The van der Waals surface area contributed by atoms with Crippen LogP contribution < -0.4 is 11.5 Å². The highest BCUT2D eigenvalue weighted by atomic mass is 16.2. The highest BCUT2D eigenvalue weighted by molar-refractivity contribution is 5.75. The Labute approximate surface area is 90.9 Å². The Hall–Kier alpha value is -2.37. The van der Waals surface area contributed by atoms with Crippen LogP contribution in [0.15, 0.2) is 35.1 Å². The Morgan fingerprint density at radius 1 is 1.31 bits per heavy atom. The normalized spacial score (nSPS) is 10.3. The van der Waals surface area contributed by atoms with Gasteiger partial charge in [-0.3, -0.25) is 4.79 Å². The van der Waals surface area contributed by atoms with Crippen molar-refractivity contribution in [3.8, 4) is 11.4 Å². The molecule has 0 unspecified atom stereocenters. The minimum atomic E-state index is -0.647. The summed E-state index contributed by atoms with van der Waals surface area (Å²) in [7, 11) is 0. The van der Waals surface area contributed by atoms with Crippen LogP contribution in [0.1, 0.15) is 11.7 Å². The Kier molecular flexibility index (Phi) is 2.32. The Balaban J connectivity index is 2.64. The Morgan fingerprint density at radius 2 is 1.94 bits per heavy atom. The standard InChI is InChI=1S/C10H10N4O2/c1-7(15)14-10(16)13(11)9(12-14)8-5-3-2-4-6-8/h2-6H,11H2,1H3. The summed E-state index contributed by atoms with van der Waals surface area (Å²) in [4.78, 5) is 22.6. The lowest BCUT2D eigenvalue weighted by Crippen LogP contribution is -2.32. The van der Waals surface area contributed by atoms with Crippen LogP contribution in [0.3, 0.4) is 0 Å². The van der Waals surface area contributed by atoms with Gasteiger partial charge in [0.25, 0.3) is 0 Å². The van der Waals surface area contributed by atoms with E-state index in [1.165, 1.54) is 6.92 Å². The summed E-state index contributed by atoms with van der Waals surface area (Å²) in [6.07, 6.45) is 0. The second-order valence-corrected chi connectivity index (χ2v) is 3.27. The van der Waals surface area contributed by atoms with Crippen molar-refractivity contribution in [1.82, 2.24) is 14.5 Å². The van der Waals surface area contributed by atoms with Gasteiger partial charge in [0.1, 0.15) is 0 Å². The van der Waals surface area contributed by atoms with Crippen LogP contribution in [-0.4, -0.2) is 20.4 Å². The molecule has 0 spiro atoms. The number of nitrogens with zero attached hydrogens (tertiary/aromatic N) is 3. The van der Waals surface area contributed by atoms with Crippen LogP contribution in [0.2, 0.25) is 0 Å². The van der Waals surface area contributed by atoms with Gasteiger partial charge < -0.3 is 5.84 Å². The minimum Gasteiger partial charge on any atom is -0.333 e. The smallest absolute Gasteiger partial charge is 0.333 e. The maximum atomic E-state index is 11.5. The molecule has 0 fully saturated rings. The number of carbonyl (C=O) groups excluding carboxylic acids is 1. The van der Waals surface area contributed by atoms with E-state index < -0.39 is 11.6 Å². The minimum absolute atomic E-state index is 0.265. The zero-order valence-corrected chi connectivity index (χ0v) is 8.62. The number of carbonyl (C=O) groups is 1. The predicted octanol–water partition coefficient (Wildman–Crippen LogP) is 0.0857. The van der Waals surface area contributed by atoms with Crippen LogP contribution >= 0.6 is 0 Å². The van der Waals surface area contributed by atoms with E-state index in [9.17, 15) is 9.59 Å². The van der Waals surface area contributed by atoms with Crippen molar-refractivity contribution in [2.45, 2.75) is 6.92 Å². The van der Waals surface area contributed by atoms with Gasteiger partial charge >= 0.3 is 5.69 Å². The van der Waals surface area contributed by atoms with Gasteiger partial charge in [-0.25, -0.2) is 4.79 Å². The quantitative estimate of drug-likeness (QED) is 0.687. The first-order chi connectivity index (χ1) is 7.61. The fraction of sp³-hybridized carbons (Fsp3) is 0.100. The molecule has 2 aromatic rings. The van der Waals surface area contributed by atoms with E-state index in [1.807, 2.05) is 6.07 Å². The molecule has 0 aliphatic carbocycles. The maximum absolute atomic E-state index is 11.5. The zero-order valence-electron chi connectivity index (χ0n) is 8.62. The number of hydrogen-bond donors (Lipinski definition) is 1. The van der Waals surface area contributed by atoms with Gasteiger partial charge in [0.15, 0.2) is 5.82 Å². The van der Waals surface area contributed by atoms with Crippen molar-refractivity contribution in [3.63, 3.8) is 0 Å². The number of benzene rings is 1. The first kappa shape index (κ1) is 10.2. The molecule has 1 aromatic carbocycles. The molecule has 0 atom stereocenters. The van der Waals surface area contributed by atoms with Crippen molar-refractivity contribution in [2.24, 2.45) is 0 Å². The lowest BCUT2D eigenvalue weighted by Gasteiger charge is -1.97. The Bertz CT molecular complexity index is 583. The molecule has 0 amide bonds. The van der Waals surface area contributed by atoms with Gasteiger partial charge in [-0.1, -0.05) is 30.3 Å². The molecule has 2 N–H and O–H groups in total. The van der Waals surface area contributed by atoms with Crippen molar-refractivity contribution in [3.05, 3.63) is 40.8 Å². The molecule has 0 bridgehead atoms. The molecular weight excluding hydrogens is 208 g/mol. The molecule has 6 heteroatoms. The van der Waals surface area contributed by atoms with E-state index >= 15 is 0 Å². The van der Waals surface area contributed by atoms with Crippen molar-refractivity contribution in [2.75, 3.05) is 5.84 Å². The van der Waals surface area contributed by atoms with Gasteiger partial charge in [-0.05, 0) is 0 Å².